The smallest absolute Gasteiger partial charge is 0.136 e. The van der Waals surface area contributed by atoms with Crippen LogP contribution >= 0.6 is 0 Å². The van der Waals surface area contributed by atoms with Crippen LogP contribution in [0, 0.1) is 0 Å². The molecule has 2 atom stereocenters. The molecular formula is C17H21N3. The van der Waals surface area contributed by atoms with Crippen molar-refractivity contribution >= 4 is 16.6 Å². The number of piperidine rings is 1. The molecule has 0 saturated carbocycles. The Hall–Kier alpha value is -1.61. The van der Waals surface area contributed by atoms with Gasteiger partial charge in [0.05, 0.1) is 0 Å². The fourth-order valence-electron chi connectivity index (χ4n) is 3.90. The fraction of sp³-hybridized carbons (Fsp3) is 0.471. The number of fused-ring (bicyclic) bond motifs is 3. The Morgan fingerprint density at radius 1 is 1.10 bits per heavy atom. The molecule has 3 heteroatoms. The molecule has 104 valence electrons. The molecule has 0 radical (unpaired) electrons. The molecule has 0 spiro atoms. The lowest BCUT2D eigenvalue weighted by Gasteiger charge is -2.36. The lowest BCUT2D eigenvalue weighted by Crippen LogP contribution is -2.47. The third-order valence-electron chi connectivity index (χ3n) is 4.98. The number of anilines is 1. The van der Waals surface area contributed by atoms with Gasteiger partial charge < -0.3 is 10.2 Å². The summed E-state index contributed by atoms with van der Waals surface area (Å²) >= 11 is 0. The number of nitrogens with zero attached hydrogens (tertiary/aromatic N) is 2. The van der Waals surface area contributed by atoms with Crippen molar-refractivity contribution in [3.05, 3.63) is 36.5 Å². The summed E-state index contributed by atoms with van der Waals surface area (Å²) in [6.07, 6.45) is 7.12. The summed E-state index contributed by atoms with van der Waals surface area (Å²) < 4.78 is 0. The van der Waals surface area contributed by atoms with Gasteiger partial charge in [-0.1, -0.05) is 24.3 Å². The largest absolute Gasteiger partial charge is 0.356 e. The minimum atomic E-state index is 0.618. The minimum Gasteiger partial charge on any atom is -0.356 e. The Bertz CT molecular complexity index is 607. The molecule has 2 aliphatic heterocycles. The van der Waals surface area contributed by atoms with Crippen LogP contribution in [-0.2, 0) is 0 Å². The van der Waals surface area contributed by atoms with Gasteiger partial charge in [0.25, 0.3) is 0 Å². The quantitative estimate of drug-likeness (QED) is 0.906. The Morgan fingerprint density at radius 2 is 1.85 bits per heavy atom. The summed E-state index contributed by atoms with van der Waals surface area (Å²) in [6.45, 7) is 0. The summed E-state index contributed by atoms with van der Waals surface area (Å²) in [4.78, 5) is 7.07. The van der Waals surface area contributed by atoms with Crippen LogP contribution in [0.25, 0.3) is 10.8 Å². The van der Waals surface area contributed by atoms with E-state index in [1.807, 2.05) is 6.20 Å². The molecule has 2 saturated heterocycles. The van der Waals surface area contributed by atoms with E-state index in [1.54, 1.807) is 0 Å². The number of rotatable bonds is 2. The molecule has 3 heterocycles. The average molecular weight is 267 g/mol. The van der Waals surface area contributed by atoms with Crippen molar-refractivity contribution in [3.8, 4) is 0 Å². The zero-order chi connectivity index (χ0) is 13.5. The first-order valence-corrected chi connectivity index (χ1v) is 7.64. The third kappa shape index (κ3) is 1.97. The van der Waals surface area contributed by atoms with Gasteiger partial charge in [0.1, 0.15) is 5.82 Å². The first-order chi connectivity index (χ1) is 9.81. The number of pyridine rings is 1. The van der Waals surface area contributed by atoms with Gasteiger partial charge in [0.15, 0.2) is 0 Å². The highest BCUT2D eigenvalue weighted by Gasteiger charge is 2.35. The summed E-state index contributed by atoms with van der Waals surface area (Å²) in [5.74, 6) is 1.13. The molecule has 20 heavy (non-hydrogen) atoms. The average Bonchev–Trinajstić information content (AvgIpc) is 2.84. The lowest BCUT2D eigenvalue weighted by molar-refractivity contribution is 0.354. The molecule has 2 aliphatic rings. The summed E-state index contributed by atoms with van der Waals surface area (Å²) in [7, 11) is 2.21. The van der Waals surface area contributed by atoms with E-state index < -0.39 is 0 Å². The molecular weight excluding hydrogens is 246 g/mol. The summed E-state index contributed by atoms with van der Waals surface area (Å²) in [5.41, 5.74) is 0. The molecule has 1 aromatic carbocycles. The van der Waals surface area contributed by atoms with Crippen molar-refractivity contribution < 1.29 is 0 Å². The second kappa shape index (κ2) is 4.74. The zero-order valence-corrected chi connectivity index (χ0v) is 11.9. The molecule has 4 rings (SSSR count). The SMILES string of the molecule is CN(c1nccc2ccccc12)C1CC2CCC(C1)N2. The molecule has 1 N–H and O–H groups in total. The molecule has 2 aromatic rings. The van der Waals surface area contributed by atoms with Gasteiger partial charge in [-0.05, 0) is 37.1 Å². The van der Waals surface area contributed by atoms with Crippen LogP contribution in [-0.4, -0.2) is 30.2 Å². The van der Waals surface area contributed by atoms with Crippen LogP contribution in [0.2, 0.25) is 0 Å². The molecule has 2 fully saturated rings. The Kier molecular flexibility index (Phi) is 2.88. The molecule has 0 aliphatic carbocycles. The molecule has 0 amide bonds. The molecule has 2 unspecified atom stereocenters. The predicted octanol–water partition coefficient (Wildman–Crippen LogP) is 2.95. The molecule has 1 aromatic heterocycles. The van der Waals surface area contributed by atoms with E-state index in [9.17, 15) is 0 Å². The first kappa shape index (κ1) is 12.2. The van der Waals surface area contributed by atoms with Crippen molar-refractivity contribution in [2.75, 3.05) is 11.9 Å². The van der Waals surface area contributed by atoms with E-state index in [2.05, 4.69) is 52.6 Å². The molecule has 2 bridgehead atoms. The Balaban J connectivity index is 1.68. The van der Waals surface area contributed by atoms with Crippen LogP contribution in [0.3, 0.4) is 0 Å². The van der Waals surface area contributed by atoms with Crippen LogP contribution in [0.4, 0.5) is 5.82 Å². The maximum absolute atomic E-state index is 4.66. The lowest BCUT2D eigenvalue weighted by atomic mass is 9.98. The van der Waals surface area contributed by atoms with E-state index in [-0.39, 0.29) is 0 Å². The van der Waals surface area contributed by atoms with E-state index in [0.717, 1.165) is 17.9 Å². The van der Waals surface area contributed by atoms with Gasteiger partial charge in [0, 0.05) is 36.8 Å². The summed E-state index contributed by atoms with van der Waals surface area (Å²) in [6, 6.07) is 12.7. The summed E-state index contributed by atoms with van der Waals surface area (Å²) in [5, 5.41) is 6.26. The van der Waals surface area contributed by atoms with Crippen LogP contribution in [0.15, 0.2) is 36.5 Å². The number of benzene rings is 1. The van der Waals surface area contributed by atoms with Crippen molar-refractivity contribution in [1.29, 1.82) is 0 Å². The highest BCUT2D eigenvalue weighted by atomic mass is 15.2. The standard InChI is InChI=1S/C17H21N3/c1-20(15-10-13-6-7-14(11-15)19-13)17-16-5-3-2-4-12(16)8-9-18-17/h2-5,8-9,13-15,19H,6-7,10-11H2,1H3. The van der Waals surface area contributed by atoms with Crippen LogP contribution in [0.1, 0.15) is 25.7 Å². The van der Waals surface area contributed by atoms with Crippen LogP contribution < -0.4 is 10.2 Å². The van der Waals surface area contributed by atoms with Gasteiger partial charge in [0.2, 0.25) is 0 Å². The Labute approximate surface area is 120 Å². The van der Waals surface area contributed by atoms with Gasteiger partial charge in [-0.25, -0.2) is 4.98 Å². The van der Waals surface area contributed by atoms with Crippen molar-refractivity contribution in [2.24, 2.45) is 0 Å². The minimum absolute atomic E-state index is 0.618. The normalized spacial score (nSPS) is 28.8. The number of aromatic nitrogens is 1. The van der Waals surface area contributed by atoms with Gasteiger partial charge >= 0.3 is 0 Å². The van der Waals surface area contributed by atoms with Crippen molar-refractivity contribution in [3.63, 3.8) is 0 Å². The highest BCUT2D eigenvalue weighted by molar-refractivity contribution is 5.92. The number of hydrogen-bond acceptors (Lipinski definition) is 3. The van der Waals surface area contributed by atoms with E-state index in [4.69, 9.17) is 0 Å². The first-order valence-electron chi connectivity index (χ1n) is 7.64. The van der Waals surface area contributed by atoms with E-state index >= 15 is 0 Å². The van der Waals surface area contributed by atoms with Gasteiger partial charge in [-0.2, -0.15) is 0 Å². The van der Waals surface area contributed by atoms with Crippen molar-refractivity contribution in [2.45, 2.75) is 43.8 Å². The predicted molar refractivity (Wildman–Crippen MR) is 83.1 cm³/mol. The van der Waals surface area contributed by atoms with Crippen LogP contribution in [0.5, 0.6) is 0 Å². The van der Waals surface area contributed by atoms with E-state index in [0.29, 0.717) is 6.04 Å². The maximum atomic E-state index is 4.66. The molecule has 3 nitrogen and oxygen atoms in total. The fourth-order valence-corrected chi connectivity index (χ4v) is 3.90. The monoisotopic (exact) mass is 267 g/mol. The number of nitrogens with one attached hydrogen (secondary N) is 1. The third-order valence-corrected chi connectivity index (χ3v) is 4.98. The van der Waals surface area contributed by atoms with Crippen molar-refractivity contribution in [1.82, 2.24) is 10.3 Å². The highest BCUT2D eigenvalue weighted by Crippen LogP contribution is 2.33. The second-order valence-corrected chi connectivity index (χ2v) is 6.23. The number of hydrogen-bond donors (Lipinski definition) is 1. The Morgan fingerprint density at radius 3 is 2.65 bits per heavy atom. The second-order valence-electron chi connectivity index (χ2n) is 6.23. The van der Waals surface area contributed by atoms with Gasteiger partial charge in [-0.3, -0.25) is 0 Å². The van der Waals surface area contributed by atoms with E-state index in [1.165, 1.54) is 36.5 Å². The van der Waals surface area contributed by atoms with Gasteiger partial charge in [-0.15, -0.1) is 0 Å². The maximum Gasteiger partial charge on any atom is 0.136 e. The zero-order valence-electron chi connectivity index (χ0n) is 11.9. The topological polar surface area (TPSA) is 28.2 Å².